The van der Waals surface area contributed by atoms with Crippen LogP contribution < -0.4 is 11.1 Å². The molecule has 108 valence electrons. The molecule has 0 radical (unpaired) electrons. The lowest BCUT2D eigenvalue weighted by Crippen LogP contribution is -2.13. The van der Waals surface area contributed by atoms with Gasteiger partial charge in [0.2, 0.25) is 0 Å². The van der Waals surface area contributed by atoms with Gasteiger partial charge >= 0.3 is 0 Å². The summed E-state index contributed by atoms with van der Waals surface area (Å²) in [5.41, 5.74) is 8.92. The predicted molar refractivity (Wildman–Crippen MR) is 93.8 cm³/mol. The van der Waals surface area contributed by atoms with Crippen molar-refractivity contribution in [3.63, 3.8) is 0 Å². The first-order chi connectivity index (χ1) is 9.94. The van der Waals surface area contributed by atoms with Crippen LogP contribution in [0.4, 0.5) is 5.69 Å². The lowest BCUT2D eigenvalue weighted by atomic mass is 10.1. The van der Waals surface area contributed by atoms with E-state index >= 15 is 0 Å². The Bertz CT molecular complexity index is 663. The van der Waals surface area contributed by atoms with E-state index in [1.54, 1.807) is 6.07 Å². The van der Waals surface area contributed by atoms with Gasteiger partial charge in [-0.05, 0) is 48.4 Å². The van der Waals surface area contributed by atoms with Crippen LogP contribution in [0, 0.1) is 6.92 Å². The zero-order chi connectivity index (χ0) is 15.4. The van der Waals surface area contributed by atoms with Crippen molar-refractivity contribution >= 4 is 44.7 Å². The molecule has 2 aromatic carbocycles. The van der Waals surface area contributed by atoms with Crippen LogP contribution in [-0.4, -0.2) is 10.9 Å². The van der Waals surface area contributed by atoms with Crippen LogP contribution in [0.15, 0.2) is 46.9 Å². The number of nitrogens with two attached hydrogens (primary N) is 1. The third-order valence-corrected chi connectivity index (χ3v) is 3.50. The molecule has 1 amide bonds. The maximum absolute atomic E-state index is 12.2. The SMILES string of the molecule is Cc1cc(Br)cc(C(=O)Nc2ccc(CC(N)=S)cc2)c1. The Morgan fingerprint density at radius 3 is 2.48 bits per heavy atom. The fraction of sp³-hybridized carbons (Fsp3) is 0.125. The van der Waals surface area contributed by atoms with Crippen LogP contribution in [0.1, 0.15) is 21.5 Å². The highest BCUT2D eigenvalue weighted by Crippen LogP contribution is 2.17. The molecule has 0 spiro atoms. The van der Waals surface area contributed by atoms with Crippen LogP contribution in [-0.2, 0) is 6.42 Å². The summed E-state index contributed by atoms with van der Waals surface area (Å²) in [6.45, 7) is 1.95. The molecule has 2 aromatic rings. The first-order valence-corrected chi connectivity index (χ1v) is 7.60. The second-order valence-corrected chi connectivity index (χ2v) is 6.25. The maximum atomic E-state index is 12.2. The largest absolute Gasteiger partial charge is 0.393 e. The number of benzene rings is 2. The van der Waals surface area contributed by atoms with Crippen LogP contribution >= 0.6 is 28.1 Å². The van der Waals surface area contributed by atoms with Gasteiger partial charge in [-0.1, -0.05) is 40.3 Å². The zero-order valence-electron chi connectivity index (χ0n) is 11.5. The summed E-state index contributed by atoms with van der Waals surface area (Å²) in [5.74, 6) is -0.138. The van der Waals surface area contributed by atoms with Crippen molar-refractivity contribution in [2.75, 3.05) is 5.32 Å². The van der Waals surface area contributed by atoms with Crippen molar-refractivity contribution in [2.24, 2.45) is 5.73 Å². The van der Waals surface area contributed by atoms with E-state index in [2.05, 4.69) is 21.2 Å². The summed E-state index contributed by atoms with van der Waals surface area (Å²) >= 11 is 8.27. The number of rotatable bonds is 4. The molecule has 0 saturated carbocycles. The van der Waals surface area contributed by atoms with Crippen molar-refractivity contribution in [1.29, 1.82) is 0 Å². The number of carbonyl (C=O) groups is 1. The standard InChI is InChI=1S/C16H15BrN2OS/c1-10-6-12(9-13(17)7-10)16(20)19-14-4-2-11(3-5-14)8-15(18)21/h2-7,9H,8H2,1H3,(H2,18,21)(H,19,20). The fourth-order valence-corrected chi connectivity index (χ4v) is 2.75. The van der Waals surface area contributed by atoms with Crippen molar-refractivity contribution in [3.05, 3.63) is 63.6 Å². The van der Waals surface area contributed by atoms with E-state index in [1.165, 1.54) is 0 Å². The Kier molecular flexibility index (Phi) is 5.09. The smallest absolute Gasteiger partial charge is 0.255 e. The van der Waals surface area contributed by atoms with Crippen molar-refractivity contribution in [3.8, 4) is 0 Å². The van der Waals surface area contributed by atoms with Crippen molar-refractivity contribution < 1.29 is 4.79 Å². The van der Waals surface area contributed by atoms with Crippen LogP contribution in [0.2, 0.25) is 0 Å². The summed E-state index contributed by atoms with van der Waals surface area (Å²) in [5, 5.41) is 2.87. The average Bonchev–Trinajstić information content (AvgIpc) is 2.39. The van der Waals surface area contributed by atoms with Crippen molar-refractivity contribution in [2.45, 2.75) is 13.3 Å². The number of thiocarbonyl (C=S) groups is 1. The number of halogens is 1. The monoisotopic (exact) mass is 362 g/mol. The number of hydrogen-bond donors (Lipinski definition) is 2. The molecule has 0 heterocycles. The second-order valence-electron chi connectivity index (χ2n) is 4.81. The summed E-state index contributed by atoms with van der Waals surface area (Å²) < 4.78 is 0.888. The molecule has 0 aromatic heterocycles. The van der Waals surface area contributed by atoms with E-state index in [0.717, 1.165) is 21.3 Å². The van der Waals surface area contributed by atoms with Gasteiger partial charge in [-0.3, -0.25) is 4.79 Å². The molecule has 0 unspecified atom stereocenters. The molecule has 0 aliphatic heterocycles. The van der Waals surface area contributed by atoms with E-state index < -0.39 is 0 Å². The van der Waals surface area contributed by atoms with Gasteiger partial charge in [0, 0.05) is 22.1 Å². The zero-order valence-corrected chi connectivity index (χ0v) is 13.9. The minimum Gasteiger partial charge on any atom is -0.393 e. The Balaban J connectivity index is 2.10. The molecular weight excluding hydrogens is 348 g/mol. The summed E-state index contributed by atoms with van der Waals surface area (Å²) in [6, 6.07) is 13.1. The molecule has 3 nitrogen and oxygen atoms in total. The Morgan fingerprint density at radius 1 is 1.24 bits per heavy atom. The van der Waals surface area contributed by atoms with Crippen LogP contribution in [0.25, 0.3) is 0 Å². The number of anilines is 1. The van der Waals surface area contributed by atoms with Gasteiger partial charge in [-0.2, -0.15) is 0 Å². The first-order valence-electron chi connectivity index (χ1n) is 6.40. The quantitative estimate of drug-likeness (QED) is 0.812. The van der Waals surface area contributed by atoms with Crippen LogP contribution in [0.5, 0.6) is 0 Å². The highest BCUT2D eigenvalue weighted by atomic mass is 79.9. The molecule has 0 bridgehead atoms. The molecular formula is C16H15BrN2OS. The third-order valence-electron chi connectivity index (χ3n) is 2.89. The number of carbonyl (C=O) groups excluding carboxylic acids is 1. The molecule has 3 N–H and O–H groups in total. The van der Waals surface area contributed by atoms with E-state index in [4.69, 9.17) is 18.0 Å². The van der Waals surface area contributed by atoms with Crippen molar-refractivity contribution in [1.82, 2.24) is 0 Å². The molecule has 5 heteroatoms. The molecule has 0 atom stereocenters. The van der Waals surface area contributed by atoms with Gasteiger partial charge in [-0.25, -0.2) is 0 Å². The number of nitrogens with one attached hydrogen (secondary N) is 1. The Labute approximate surface area is 137 Å². The summed E-state index contributed by atoms with van der Waals surface area (Å²) in [4.78, 5) is 12.7. The van der Waals surface area contributed by atoms with Gasteiger partial charge in [-0.15, -0.1) is 0 Å². The molecule has 0 aliphatic carbocycles. The maximum Gasteiger partial charge on any atom is 0.255 e. The molecule has 21 heavy (non-hydrogen) atoms. The number of amides is 1. The summed E-state index contributed by atoms with van der Waals surface area (Å²) in [7, 11) is 0. The Morgan fingerprint density at radius 2 is 1.90 bits per heavy atom. The minimum atomic E-state index is -0.138. The van der Waals surface area contributed by atoms with E-state index in [0.29, 0.717) is 17.0 Å². The normalized spacial score (nSPS) is 10.2. The lowest BCUT2D eigenvalue weighted by Gasteiger charge is -2.08. The number of aryl methyl sites for hydroxylation is 1. The topological polar surface area (TPSA) is 55.1 Å². The van der Waals surface area contributed by atoms with Gasteiger partial charge in [0.05, 0.1) is 4.99 Å². The number of hydrogen-bond acceptors (Lipinski definition) is 2. The van der Waals surface area contributed by atoms with Gasteiger partial charge in [0.25, 0.3) is 5.91 Å². The Hall–Kier alpha value is -1.72. The highest BCUT2D eigenvalue weighted by molar-refractivity contribution is 9.10. The first kappa shape index (κ1) is 15.7. The third kappa shape index (κ3) is 4.65. The predicted octanol–water partition coefficient (Wildman–Crippen LogP) is 3.84. The molecule has 2 rings (SSSR count). The highest BCUT2D eigenvalue weighted by Gasteiger charge is 2.07. The second kappa shape index (κ2) is 6.83. The van der Waals surface area contributed by atoms with Gasteiger partial charge < -0.3 is 11.1 Å². The minimum absolute atomic E-state index is 0.138. The fourth-order valence-electron chi connectivity index (χ4n) is 1.98. The van der Waals surface area contributed by atoms with E-state index in [1.807, 2.05) is 43.3 Å². The average molecular weight is 363 g/mol. The van der Waals surface area contributed by atoms with Gasteiger partial charge in [0.15, 0.2) is 0 Å². The summed E-state index contributed by atoms with van der Waals surface area (Å²) in [6.07, 6.45) is 0.564. The van der Waals surface area contributed by atoms with E-state index in [-0.39, 0.29) is 5.91 Å². The lowest BCUT2D eigenvalue weighted by molar-refractivity contribution is 0.102. The van der Waals surface area contributed by atoms with E-state index in [9.17, 15) is 4.79 Å². The molecule has 0 fully saturated rings. The van der Waals surface area contributed by atoms with Crippen LogP contribution in [0.3, 0.4) is 0 Å². The molecule has 0 aliphatic rings. The van der Waals surface area contributed by atoms with Gasteiger partial charge in [0.1, 0.15) is 0 Å². The molecule has 0 saturated heterocycles.